The maximum Gasteiger partial charge on any atom is 0.416 e. The van der Waals surface area contributed by atoms with Gasteiger partial charge in [-0.05, 0) is 60.0 Å². The SMILES string of the molecule is Cc1cc(-c2cc(C(F)(F)F)cc(C(F)(F)F)c2)c(S(C)(=O)=O)cc1C(=O)Cl. The third-order valence-corrected chi connectivity index (χ3v) is 5.18. The molecule has 0 fully saturated rings. The summed E-state index contributed by atoms with van der Waals surface area (Å²) in [4.78, 5) is 10.8. The summed E-state index contributed by atoms with van der Waals surface area (Å²) in [6.45, 7) is 1.32. The van der Waals surface area contributed by atoms with Crippen LogP contribution in [0.1, 0.15) is 27.0 Å². The molecular weight excluding hydrogens is 434 g/mol. The lowest BCUT2D eigenvalue weighted by molar-refractivity contribution is -0.143. The van der Waals surface area contributed by atoms with Crippen LogP contribution in [-0.2, 0) is 22.2 Å². The fourth-order valence-corrected chi connectivity index (χ4v) is 3.65. The normalized spacial score (nSPS) is 12.9. The predicted molar refractivity (Wildman–Crippen MR) is 89.9 cm³/mol. The Labute approximate surface area is 160 Å². The van der Waals surface area contributed by atoms with E-state index in [1.54, 1.807) is 0 Å². The average molecular weight is 445 g/mol. The highest BCUT2D eigenvalue weighted by molar-refractivity contribution is 7.90. The van der Waals surface area contributed by atoms with Gasteiger partial charge < -0.3 is 0 Å². The molecule has 2 aromatic carbocycles. The lowest BCUT2D eigenvalue weighted by atomic mass is 9.96. The lowest BCUT2D eigenvalue weighted by Crippen LogP contribution is -2.12. The van der Waals surface area contributed by atoms with E-state index < -0.39 is 54.6 Å². The lowest BCUT2D eigenvalue weighted by Gasteiger charge is -2.17. The van der Waals surface area contributed by atoms with Crippen LogP contribution in [0.25, 0.3) is 11.1 Å². The molecule has 0 bridgehead atoms. The summed E-state index contributed by atoms with van der Waals surface area (Å²) in [7, 11) is -4.12. The first-order chi connectivity index (χ1) is 12.5. The highest BCUT2D eigenvalue weighted by atomic mass is 35.5. The van der Waals surface area contributed by atoms with E-state index in [0.29, 0.717) is 18.4 Å². The molecule has 0 aliphatic carbocycles. The van der Waals surface area contributed by atoms with E-state index in [1.165, 1.54) is 6.92 Å². The number of halogens is 7. The van der Waals surface area contributed by atoms with Crippen molar-refractivity contribution < 1.29 is 39.6 Å². The molecule has 0 atom stereocenters. The second-order valence-electron chi connectivity index (χ2n) is 6.00. The van der Waals surface area contributed by atoms with Crippen molar-refractivity contribution in [2.24, 2.45) is 0 Å². The number of alkyl halides is 6. The number of benzene rings is 2. The van der Waals surface area contributed by atoms with Gasteiger partial charge in [-0.1, -0.05) is 0 Å². The van der Waals surface area contributed by atoms with Gasteiger partial charge in [0.2, 0.25) is 0 Å². The summed E-state index contributed by atoms with van der Waals surface area (Å²) in [6.07, 6.45) is -9.48. The van der Waals surface area contributed by atoms with E-state index in [0.717, 1.165) is 12.1 Å². The van der Waals surface area contributed by atoms with Crippen LogP contribution in [0.15, 0.2) is 35.2 Å². The van der Waals surface area contributed by atoms with Gasteiger partial charge in [0, 0.05) is 17.4 Å². The van der Waals surface area contributed by atoms with Crippen molar-refractivity contribution in [1.82, 2.24) is 0 Å². The molecule has 0 saturated heterocycles. The summed E-state index contributed by atoms with van der Waals surface area (Å²) >= 11 is 5.37. The van der Waals surface area contributed by atoms with Crippen LogP contribution in [0, 0.1) is 6.92 Å². The third kappa shape index (κ3) is 4.67. The molecule has 3 nitrogen and oxygen atoms in total. The first-order valence-corrected chi connectivity index (χ1v) is 9.63. The molecular formula is C17H11ClF6O3S. The summed E-state index contributed by atoms with van der Waals surface area (Å²) in [5, 5.41) is -1.02. The molecule has 0 aromatic heterocycles. The largest absolute Gasteiger partial charge is 0.416 e. The Morgan fingerprint density at radius 2 is 1.36 bits per heavy atom. The van der Waals surface area contributed by atoms with Crippen LogP contribution in [0.4, 0.5) is 26.3 Å². The van der Waals surface area contributed by atoms with Crippen molar-refractivity contribution in [3.63, 3.8) is 0 Å². The zero-order chi connectivity index (χ0) is 21.7. The zero-order valence-corrected chi connectivity index (χ0v) is 15.7. The van der Waals surface area contributed by atoms with Gasteiger partial charge in [-0.3, -0.25) is 4.79 Å². The maximum atomic E-state index is 13.1. The van der Waals surface area contributed by atoms with Crippen molar-refractivity contribution in [2.45, 2.75) is 24.2 Å². The van der Waals surface area contributed by atoms with Crippen LogP contribution in [0.2, 0.25) is 0 Å². The number of sulfone groups is 1. The van der Waals surface area contributed by atoms with E-state index in [4.69, 9.17) is 11.6 Å². The minimum Gasteiger partial charge on any atom is -0.276 e. The Morgan fingerprint density at radius 1 is 0.893 bits per heavy atom. The second kappa shape index (κ2) is 7.07. The van der Waals surface area contributed by atoms with Gasteiger partial charge in [-0.25, -0.2) is 8.42 Å². The molecule has 0 aliphatic rings. The number of carbonyl (C=O) groups excluding carboxylic acids is 1. The van der Waals surface area contributed by atoms with Gasteiger partial charge in [-0.2, -0.15) is 26.3 Å². The summed E-state index contributed by atoms with van der Waals surface area (Å²) in [5.41, 5.74) is -4.33. The van der Waals surface area contributed by atoms with Gasteiger partial charge in [0.15, 0.2) is 9.84 Å². The van der Waals surface area contributed by atoms with E-state index in [9.17, 15) is 39.6 Å². The smallest absolute Gasteiger partial charge is 0.276 e. The van der Waals surface area contributed by atoms with Crippen LogP contribution in [0.3, 0.4) is 0 Å². The molecule has 0 N–H and O–H groups in total. The van der Waals surface area contributed by atoms with Gasteiger partial charge in [0.1, 0.15) is 0 Å². The number of hydrogen-bond donors (Lipinski definition) is 0. The molecule has 0 heterocycles. The quantitative estimate of drug-likeness (QED) is 0.465. The van der Waals surface area contributed by atoms with E-state index in [2.05, 4.69) is 0 Å². The molecule has 28 heavy (non-hydrogen) atoms. The van der Waals surface area contributed by atoms with E-state index >= 15 is 0 Å². The number of aryl methyl sites for hydroxylation is 1. The average Bonchev–Trinajstić information content (AvgIpc) is 2.51. The third-order valence-electron chi connectivity index (χ3n) is 3.84. The molecule has 0 saturated carbocycles. The molecule has 0 amide bonds. The van der Waals surface area contributed by atoms with Crippen LogP contribution >= 0.6 is 11.6 Å². The Balaban J connectivity index is 2.94. The fourth-order valence-electron chi connectivity index (χ4n) is 2.54. The Kier molecular flexibility index (Phi) is 5.61. The van der Waals surface area contributed by atoms with E-state index in [-0.39, 0.29) is 17.2 Å². The van der Waals surface area contributed by atoms with Crippen LogP contribution < -0.4 is 0 Å². The predicted octanol–water partition coefficient (Wildman–Crippen LogP) is 5.48. The second-order valence-corrected chi connectivity index (χ2v) is 8.33. The van der Waals surface area contributed by atoms with Crippen molar-refractivity contribution >= 4 is 26.7 Å². The summed E-state index contributed by atoms with van der Waals surface area (Å²) in [5.74, 6) is 0. The highest BCUT2D eigenvalue weighted by Crippen LogP contribution is 2.40. The number of hydrogen-bond acceptors (Lipinski definition) is 3. The maximum absolute atomic E-state index is 13.1. The van der Waals surface area contributed by atoms with Gasteiger partial charge in [0.05, 0.1) is 16.0 Å². The van der Waals surface area contributed by atoms with Crippen molar-refractivity contribution in [3.8, 4) is 11.1 Å². The van der Waals surface area contributed by atoms with Gasteiger partial charge in [-0.15, -0.1) is 0 Å². The van der Waals surface area contributed by atoms with Crippen LogP contribution in [-0.4, -0.2) is 19.9 Å². The Bertz CT molecular complexity index is 1020. The Hall–Kier alpha value is -2.07. The summed E-state index contributed by atoms with van der Waals surface area (Å²) in [6, 6.07) is 2.62. The van der Waals surface area contributed by atoms with Crippen molar-refractivity contribution in [3.05, 3.63) is 52.6 Å². The van der Waals surface area contributed by atoms with E-state index in [1.807, 2.05) is 0 Å². The first-order valence-electron chi connectivity index (χ1n) is 7.36. The Morgan fingerprint density at radius 3 is 1.71 bits per heavy atom. The zero-order valence-electron chi connectivity index (χ0n) is 14.2. The monoisotopic (exact) mass is 444 g/mol. The van der Waals surface area contributed by atoms with Gasteiger partial charge in [0.25, 0.3) is 5.24 Å². The van der Waals surface area contributed by atoms with Crippen molar-refractivity contribution in [1.29, 1.82) is 0 Å². The number of carbonyl (C=O) groups is 1. The minimum absolute atomic E-state index is 0.0624. The van der Waals surface area contributed by atoms with Gasteiger partial charge >= 0.3 is 12.4 Å². The molecule has 2 rings (SSSR count). The number of rotatable bonds is 3. The van der Waals surface area contributed by atoms with Crippen molar-refractivity contribution in [2.75, 3.05) is 6.26 Å². The fraction of sp³-hybridized carbons (Fsp3) is 0.235. The topological polar surface area (TPSA) is 51.2 Å². The van der Waals surface area contributed by atoms with Crippen LogP contribution in [0.5, 0.6) is 0 Å². The molecule has 0 unspecified atom stereocenters. The summed E-state index contributed by atoms with van der Waals surface area (Å²) < 4.78 is 103. The molecule has 0 radical (unpaired) electrons. The molecule has 2 aromatic rings. The molecule has 11 heteroatoms. The first kappa shape index (κ1) is 22.2. The molecule has 0 spiro atoms. The molecule has 152 valence electrons. The standard InChI is InChI=1S/C17H11ClF6O3S/c1-8-3-13(14(28(2,26)27)7-12(8)15(18)25)9-4-10(16(19,20)21)6-11(5-9)17(22,23)24/h3-7H,1-2H3. The highest BCUT2D eigenvalue weighted by Gasteiger charge is 2.37. The minimum atomic E-state index is -5.09. The molecule has 0 aliphatic heterocycles.